The number of rotatable bonds is 4. The van der Waals surface area contributed by atoms with Crippen molar-refractivity contribution in [2.45, 2.75) is 31.1 Å². The topological polar surface area (TPSA) is 20.3 Å². The molecular formula is C15H20ClNOS. The van der Waals surface area contributed by atoms with Gasteiger partial charge in [-0.2, -0.15) is 0 Å². The number of likely N-dealkylation sites (tertiary alicyclic amines) is 1. The van der Waals surface area contributed by atoms with E-state index in [1.54, 1.807) is 11.8 Å². The van der Waals surface area contributed by atoms with Gasteiger partial charge in [-0.3, -0.25) is 4.79 Å². The van der Waals surface area contributed by atoms with Crippen molar-refractivity contribution in [3.05, 3.63) is 29.3 Å². The fourth-order valence-electron chi connectivity index (χ4n) is 2.36. The first kappa shape index (κ1) is 14.7. The Morgan fingerprint density at radius 2 is 2.16 bits per heavy atom. The zero-order chi connectivity index (χ0) is 13.7. The summed E-state index contributed by atoms with van der Waals surface area (Å²) >= 11 is 7.56. The second-order valence-corrected chi connectivity index (χ2v) is 6.74. The summed E-state index contributed by atoms with van der Waals surface area (Å²) in [6.07, 6.45) is 3.03. The SMILES string of the molecule is C[C@H]1CCCN(C(=O)CCSc2ccc(Cl)cc2)C1. The zero-order valence-electron chi connectivity index (χ0n) is 11.3. The molecule has 0 N–H and O–H groups in total. The first-order valence-corrected chi connectivity index (χ1v) is 8.17. The minimum absolute atomic E-state index is 0.299. The maximum Gasteiger partial charge on any atom is 0.223 e. The highest BCUT2D eigenvalue weighted by Gasteiger charge is 2.20. The summed E-state index contributed by atoms with van der Waals surface area (Å²) in [6.45, 7) is 4.10. The minimum atomic E-state index is 0.299. The standard InChI is InChI=1S/C15H20ClNOS/c1-12-3-2-9-17(11-12)15(18)8-10-19-14-6-4-13(16)5-7-14/h4-7,12H,2-3,8-11H2,1H3/t12-/m0/s1. The molecule has 0 bridgehead atoms. The van der Waals surface area contributed by atoms with E-state index in [9.17, 15) is 4.79 Å². The molecule has 0 aromatic heterocycles. The lowest BCUT2D eigenvalue weighted by Crippen LogP contribution is -2.39. The van der Waals surface area contributed by atoms with Gasteiger partial charge < -0.3 is 4.90 Å². The van der Waals surface area contributed by atoms with Crippen molar-refractivity contribution in [1.82, 2.24) is 4.90 Å². The van der Waals surface area contributed by atoms with Crippen LogP contribution in [0.3, 0.4) is 0 Å². The number of piperidine rings is 1. The van der Waals surface area contributed by atoms with Crippen LogP contribution in [-0.2, 0) is 4.79 Å². The number of amides is 1. The van der Waals surface area contributed by atoms with Gasteiger partial charge in [0.15, 0.2) is 0 Å². The number of halogens is 1. The molecule has 1 aliphatic heterocycles. The summed E-state index contributed by atoms with van der Waals surface area (Å²) in [5, 5.41) is 0.753. The van der Waals surface area contributed by atoms with Crippen molar-refractivity contribution < 1.29 is 4.79 Å². The van der Waals surface area contributed by atoms with Crippen LogP contribution in [0.15, 0.2) is 29.2 Å². The maximum atomic E-state index is 12.1. The molecule has 1 aromatic rings. The molecule has 0 radical (unpaired) electrons. The van der Waals surface area contributed by atoms with E-state index in [0.29, 0.717) is 18.2 Å². The van der Waals surface area contributed by atoms with Gasteiger partial charge in [-0.05, 0) is 43.0 Å². The van der Waals surface area contributed by atoms with Gasteiger partial charge in [0, 0.05) is 35.2 Å². The Bertz CT molecular complexity index is 421. The van der Waals surface area contributed by atoms with Gasteiger partial charge in [0.25, 0.3) is 0 Å². The Kier molecular flexibility index (Phi) is 5.59. The molecule has 4 heteroatoms. The summed E-state index contributed by atoms with van der Waals surface area (Å²) in [5.41, 5.74) is 0. The number of hydrogen-bond donors (Lipinski definition) is 0. The average Bonchev–Trinajstić information content (AvgIpc) is 2.41. The van der Waals surface area contributed by atoms with Crippen molar-refractivity contribution in [1.29, 1.82) is 0 Å². The lowest BCUT2D eigenvalue weighted by molar-refractivity contribution is -0.132. The van der Waals surface area contributed by atoms with Gasteiger partial charge in [-0.25, -0.2) is 0 Å². The molecule has 2 rings (SSSR count). The van der Waals surface area contributed by atoms with E-state index < -0.39 is 0 Å². The Balaban J connectivity index is 1.73. The molecule has 1 amide bonds. The van der Waals surface area contributed by atoms with Crippen LogP contribution in [0.2, 0.25) is 5.02 Å². The molecule has 1 aliphatic rings. The van der Waals surface area contributed by atoms with E-state index in [1.165, 1.54) is 11.3 Å². The molecule has 1 aromatic carbocycles. The van der Waals surface area contributed by atoms with Crippen LogP contribution in [0.5, 0.6) is 0 Å². The van der Waals surface area contributed by atoms with E-state index in [2.05, 4.69) is 6.92 Å². The van der Waals surface area contributed by atoms with Crippen molar-refractivity contribution in [2.24, 2.45) is 5.92 Å². The highest BCUT2D eigenvalue weighted by Crippen LogP contribution is 2.22. The molecule has 1 atom stereocenters. The number of thioether (sulfide) groups is 1. The molecule has 19 heavy (non-hydrogen) atoms. The molecular weight excluding hydrogens is 278 g/mol. The highest BCUT2D eigenvalue weighted by atomic mass is 35.5. The van der Waals surface area contributed by atoms with Crippen LogP contribution < -0.4 is 0 Å². The van der Waals surface area contributed by atoms with Crippen LogP contribution in [0.25, 0.3) is 0 Å². The number of hydrogen-bond acceptors (Lipinski definition) is 2. The number of carbonyl (C=O) groups excluding carboxylic acids is 1. The fourth-order valence-corrected chi connectivity index (χ4v) is 3.33. The van der Waals surface area contributed by atoms with Gasteiger partial charge >= 0.3 is 0 Å². The molecule has 1 heterocycles. The second kappa shape index (κ2) is 7.20. The van der Waals surface area contributed by atoms with E-state index >= 15 is 0 Å². The molecule has 0 unspecified atom stereocenters. The molecule has 2 nitrogen and oxygen atoms in total. The monoisotopic (exact) mass is 297 g/mol. The van der Waals surface area contributed by atoms with E-state index in [1.807, 2.05) is 29.2 Å². The average molecular weight is 298 g/mol. The molecule has 104 valence electrons. The predicted molar refractivity (Wildman–Crippen MR) is 81.8 cm³/mol. The third-order valence-corrected chi connectivity index (χ3v) is 4.67. The molecule has 1 fully saturated rings. The minimum Gasteiger partial charge on any atom is -0.342 e. The smallest absolute Gasteiger partial charge is 0.223 e. The van der Waals surface area contributed by atoms with Crippen molar-refractivity contribution >= 4 is 29.3 Å². The van der Waals surface area contributed by atoms with Gasteiger partial charge in [0.2, 0.25) is 5.91 Å². The quantitative estimate of drug-likeness (QED) is 0.781. The van der Waals surface area contributed by atoms with E-state index in [0.717, 1.165) is 30.3 Å². The molecule has 0 aliphatic carbocycles. The summed E-state index contributed by atoms with van der Waals surface area (Å²) < 4.78 is 0. The summed E-state index contributed by atoms with van der Waals surface area (Å²) in [7, 11) is 0. The van der Waals surface area contributed by atoms with Crippen LogP contribution in [0, 0.1) is 5.92 Å². The third-order valence-electron chi connectivity index (χ3n) is 3.41. The van der Waals surface area contributed by atoms with Crippen LogP contribution >= 0.6 is 23.4 Å². The number of benzene rings is 1. The normalized spacial score (nSPS) is 19.5. The van der Waals surface area contributed by atoms with Crippen molar-refractivity contribution in [3.63, 3.8) is 0 Å². The molecule has 0 spiro atoms. The highest BCUT2D eigenvalue weighted by molar-refractivity contribution is 7.99. The first-order valence-electron chi connectivity index (χ1n) is 6.81. The molecule has 0 saturated carbocycles. The van der Waals surface area contributed by atoms with Crippen LogP contribution in [-0.4, -0.2) is 29.6 Å². The Morgan fingerprint density at radius 3 is 2.84 bits per heavy atom. The number of nitrogens with zero attached hydrogens (tertiary/aromatic N) is 1. The summed E-state index contributed by atoms with van der Waals surface area (Å²) in [5.74, 6) is 1.79. The van der Waals surface area contributed by atoms with Gasteiger partial charge in [-0.1, -0.05) is 18.5 Å². The van der Waals surface area contributed by atoms with Crippen molar-refractivity contribution in [2.75, 3.05) is 18.8 Å². The summed E-state index contributed by atoms with van der Waals surface area (Å²) in [4.78, 5) is 15.3. The molecule has 1 saturated heterocycles. The predicted octanol–water partition coefficient (Wildman–Crippen LogP) is 4.08. The Labute approximate surface area is 124 Å². The van der Waals surface area contributed by atoms with E-state index in [4.69, 9.17) is 11.6 Å². The lowest BCUT2D eigenvalue weighted by Gasteiger charge is -2.31. The van der Waals surface area contributed by atoms with Crippen LogP contribution in [0.4, 0.5) is 0 Å². The van der Waals surface area contributed by atoms with Gasteiger partial charge in [0.1, 0.15) is 0 Å². The second-order valence-electron chi connectivity index (χ2n) is 5.14. The van der Waals surface area contributed by atoms with Gasteiger partial charge in [0.05, 0.1) is 0 Å². The first-order chi connectivity index (χ1) is 9.15. The third kappa shape index (κ3) is 4.73. The van der Waals surface area contributed by atoms with Crippen molar-refractivity contribution in [3.8, 4) is 0 Å². The Morgan fingerprint density at radius 1 is 1.42 bits per heavy atom. The maximum absolute atomic E-state index is 12.1. The van der Waals surface area contributed by atoms with Gasteiger partial charge in [-0.15, -0.1) is 11.8 Å². The fraction of sp³-hybridized carbons (Fsp3) is 0.533. The van der Waals surface area contributed by atoms with E-state index in [-0.39, 0.29) is 0 Å². The Hall–Kier alpha value is -0.670. The largest absolute Gasteiger partial charge is 0.342 e. The lowest BCUT2D eigenvalue weighted by atomic mass is 10.0. The number of carbonyl (C=O) groups is 1. The van der Waals surface area contributed by atoms with Crippen LogP contribution in [0.1, 0.15) is 26.2 Å². The summed E-state index contributed by atoms with van der Waals surface area (Å²) in [6, 6.07) is 7.77. The zero-order valence-corrected chi connectivity index (χ0v) is 12.8.